The number of amides is 1. The van der Waals surface area contributed by atoms with Gasteiger partial charge in [0.25, 0.3) is 0 Å². The molecule has 72 valence electrons. The Labute approximate surface area is 94.4 Å². The molecule has 0 aliphatic rings. The lowest BCUT2D eigenvalue weighted by molar-refractivity contribution is -0.120. The molecule has 0 aliphatic carbocycles. The van der Waals surface area contributed by atoms with Crippen LogP contribution in [0.1, 0.15) is 17.2 Å². The first-order valence-corrected chi connectivity index (χ1v) is 5.86. The molecule has 0 spiro atoms. The summed E-state index contributed by atoms with van der Waals surface area (Å²) in [6, 6.07) is 3.73. The zero-order valence-corrected chi connectivity index (χ0v) is 10.2. The van der Waals surface area contributed by atoms with E-state index in [1.807, 2.05) is 19.1 Å². The topological polar surface area (TPSA) is 29.1 Å². The van der Waals surface area contributed by atoms with Crippen LogP contribution in [0.4, 0.5) is 0 Å². The van der Waals surface area contributed by atoms with Gasteiger partial charge in [0.2, 0.25) is 5.91 Å². The minimum Gasteiger partial charge on any atom is -0.355 e. The van der Waals surface area contributed by atoms with Crippen LogP contribution < -0.4 is 5.32 Å². The predicted octanol–water partition coefficient (Wildman–Crippen LogP) is 2.93. The molecule has 0 aliphatic heterocycles. The first-order valence-electron chi connectivity index (χ1n) is 3.82. The minimum absolute atomic E-state index is 0.140. The first-order chi connectivity index (χ1) is 6.15. The van der Waals surface area contributed by atoms with Crippen molar-refractivity contribution in [3.8, 4) is 0 Å². The van der Waals surface area contributed by atoms with Gasteiger partial charge in [0.1, 0.15) is 5.38 Å². The third-order valence-corrected chi connectivity index (χ3v) is 3.68. The number of rotatable bonds is 3. The number of hydrogen-bond donors (Lipinski definition) is 1. The van der Waals surface area contributed by atoms with Crippen molar-refractivity contribution in [2.24, 2.45) is 0 Å². The predicted molar refractivity (Wildman–Crippen MR) is 59.3 cm³/mol. The average Bonchev–Trinajstić information content (AvgIpc) is 2.51. The molecule has 1 aromatic heterocycles. The van der Waals surface area contributed by atoms with E-state index in [-0.39, 0.29) is 5.91 Å². The fourth-order valence-electron chi connectivity index (χ4n) is 0.858. The molecule has 1 rings (SSSR count). The zero-order chi connectivity index (χ0) is 9.84. The lowest BCUT2D eigenvalue weighted by Crippen LogP contribution is -2.25. The molecule has 1 N–H and O–H groups in total. The van der Waals surface area contributed by atoms with E-state index in [1.54, 1.807) is 0 Å². The van der Waals surface area contributed by atoms with Crippen LogP contribution in [0.5, 0.6) is 0 Å². The molecule has 13 heavy (non-hydrogen) atoms. The number of carbonyl (C=O) groups is 1. The van der Waals surface area contributed by atoms with Crippen LogP contribution in [0.3, 0.4) is 0 Å². The first kappa shape index (κ1) is 11.0. The summed E-state index contributed by atoms with van der Waals surface area (Å²) in [6.45, 7) is 2.47. The number of nitrogens with one attached hydrogen (secondary N) is 1. The van der Waals surface area contributed by atoms with Crippen molar-refractivity contribution in [3.05, 3.63) is 20.8 Å². The molecule has 0 aromatic carbocycles. The van der Waals surface area contributed by atoms with Gasteiger partial charge in [0, 0.05) is 11.4 Å². The molecular formula is C8H9BrClNOS. The second kappa shape index (κ2) is 4.98. The summed E-state index contributed by atoms with van der Waals surface area (Å²) >= 11 is 10.7. The molecular weight excluding hydrogens is 274 g/mol. The molecule has 1 atom stereocenters. The number of thiophene rings is 1. The third kappa shape index (κ3) is 2.97. The molecule has 2 nitrogen and oxygen atoms in total. The van der Waals surface area contributed by atoms with Crippen LogP contribution in [0.15, 0.2) is 15.9 Å². The average molecular weight is 283 g/mol. The van der Waals surface area contributed by atoms with Gasteiger partial charge < -0.3 is 5.32 Å². The van der Waals surface area contributed by atoms with Crippen LogP contribution in [-0.2, 0) is 4.79 Å². The Kier molecular flexibility index (Phi) is 4.22. The van der Waals surface area contributed by atoms with Crippen molar-refractivity contribution in [3.63, 3.8) is 0 Å². The lowest BCUT2D eigenvalue weighted by atomic mass is 10.3. The molecule has 1 unspecified atom stereocenters. The Morgan fingerprint density at radius 1 is 1.77 bits per heavy atom. The van der Waals surface area contributed by atoms with Crippen LogP contribution in [0, 0.1) is 0 Å². The SMILES string of the molecule is CCNC(=O)C(Cl)c1ccc(Br)s1. The molecule has 1 heterocycles. The summed E-state index contributed by atoms with van der Waals surface area (Å²) in [5.74, 6) is -0.140. The minimum atomic E-state index is -0.573. The van der Waals surface area contributed by atoms with Crippen LogP contribution in [0.2, 0.25) is 0 Å². The van der Waals surface area contributed by atoms with Gasteiger partial charge in [-0.2, -0.15) is 0 Å². The summed E-state index contributed by atoms with van der Waals surface area (Å²) < 4.78 is 0.984. The normalized spacial score (nSPS) is 12.5. The summed E-state index contributed by atoms with van der Waals surface area (Å²) in [4.78, 5) is 12.2. The Morgan fingerprint density at radius 2 is 2.46 bits per heavy atom. The monoisotopic (exact) mass is 281 g/mol. The Balaban J connectivity index is 2.67. The van der Waals surface area contributed by atoms with E-state index in [0.717, 1.165) is 8.66 Å². The molecule has 1 amide bonds. The lowest BCUT2D eigenvalue weighted by Gasteiger charge is -2.06. The van der Waals surface area contributed by atoms with Crippen molar-refractivity contribution in [1.29, 1.82) is 0 Å². The highest BCUT2D eigenvalue weighted by Crippen LogP contribution is 2.30. The van der Waals surface area contributed by atoms with E-state index in [4.69, 9.17) is 11.6 Å². The van der Waals surface area contributed by atoms with E-state index in [0.29, 0.717) is 6.54 Å². The summed E-state index contributed by atoms with van der Waals surface area (Å²) in [6.07, 6.45) is 0. The molecule has 0 radical (unpaired) electrons. The summed E-state index contributed by atoms with van der Waals surface area (Å²) in [5, 5.41) is 2.10. The highest BCUT2D eigenvalue weighted by Gasteiger charge is 2.18. The molecule has 0 bridgehead atoms. The van der Waals surface area contributed by atoms with E-state index >= 15 is 0 Å². The van der Waals surface area contributed by atoms with Gasteiger partial charge in [-0.3, -0.25) is 4.79 Å². The van der Waals surface area contributed by atoms with Crippen molar-refractivity contribution < 1.29 is 4.79 Å². The van der Waals surface area contributed by atoms with Crippen molar-refractivity contribution in [1.82, 2.24) is 5.32 Å². The smallest absolute Gasteiger partial charge is 0.243 e. The standard InChI is InChI=1S/C8H9BrClNOS/c1-2-11-8(12)7(10)5-3-4-6(9)13-5/h3-4,7H,2H2,1H3,(H,11,12). The van der Waals surface area contributed by atoms with Gasteiger partial charge in [0.15, 0.2) is 0 Å². The Bertz CT molecular complexity index is 302. The quantitative estimate of drug-likeness (QED) is 0.849. The zero-order valence-electron chi connectivity index (χ0n) is 7.01. The van der Waals surface area contributed by atoms with Gasteiger partial charge in [0.05, 0.1) is 3.79 Å². The highest BCUT2D eigenvalue weighted by atomic mass is 79.9. The van der Waals surface area contributed by atoms with Gasteiger partial charge in [-0.1, -0.05) is 0 Å². The number of alkyl halides is 1. The third-order valence-electron chi connectivity index (χ3n) is 1.42. The molecule has 0 fully saturated rings. The summed E-state index contributed by atoms with van der Waals surface area (Å²) in [7, 11) is 0. The van der Waals surface area contributed by atoms with Gasteiger partial charge in [-0.15, -0.1) is 22.9 Å². The van der Waals surface area contributed by atoms with Gasteiger partial charge >= 0.3 is 0 Å². The second-order valence-electron chi connectivity index (χ2n) is 2.40. The molecule has 1 aromatic rings. The van der Waals surface area contributed by atoms with E-state index in [2.05, 4.69) is 21.2 Å². The van der Waals surface area contributed by atoms with Gasteiger partial charge in [-0.25, -0.2) is 0 Å². The van der Waals surface area contributed by atoms with E-state index in [1.165, 1.54) is 11.3 Å². The Morgan fingerprint density at radius 3 is 2.92 bits per heavy atom. The van der Waals surface area contributed by atoms with Crippen molar-refractivity contribution in [2.75, 3.05) is 6.54 Å². The van der Waals surface area contributed by atoms with Crippen LogP contribution >= 0.6 is 38.9 Å². The maximum absolute atomic E-state index is 11.3. The number of hydrogen-bond acceptors (Lipinski definition) is 2. The Hall–Kier alpha value is -0.0600. The molecule has 0 saturated carbocycles. The van der Waals surface area contributed by atoms with E-state index in [9.17, 15) is 4.79 Å². The second-order valence-corrected chi connectivity index (χ2v) is 5.33. The number of likely N-dealkylation sites (N-methyl/N-ethyl adjacent to an activating group) is 1. The molecule has 5 heteroatoms. The number of carbonyl (C=O) groups excluding carboxylic acids is 1. The van der Waals surface area contributed by atoms with Crippen LogP contribution in [0.25, 0.3) is 0 Å². The maximum atomic E-state index is 11.3. The van der Waals surface area contributed by atoms with Gasteiger partial charge in [-0.05, 0) is 35.0 Å². The fourth-order valence-corrected chi connectivity index (χ4v) is 2.54. The molecule has 0 saturated heterocycles. The van der Waals surface area contributed by atoms with Crippen molar-refractivity contribution in [2.45, 2.75) is 12.3 Å². The maximum Gasteiger partial charge on any atom is 0.243 e. The fraction of sp³-hybridized carbons (Fsp3) is 0.375. The van der Waals surface area contributed by atoms with Crippen LogP contribution in [-0.4, -0.2) is 12.5 Å². The van der Waals surface area contributed by atoms with Crippen molar-refractivity contribution >= 4 is 44.8 Å². The number of halogens is 2. The largest absolute Gasteiger partial charge is 0.355 e. The van der Waals surface area contributed by atoms with E-state index < -0.39 is 5.38 Å². The highest BCUT2D eigenvalue weighted by molar-refractivity contribution is 9.11. The summed E-state index contributed by atoms with van der Waals surface area (Å²) in [5.41, 5.74) is 0.